The molecule has 0 saturated carbocycles. The Balaban J connectivity index is 2.66. The van der Waals surface area contributed by atoms with Gasteiger partial charge in [0.25, 0.3) is 0 Å². The standard InChI is InChI=1S/C13H15NO/c1-3-4-10-5-6-12-11(8-10)13(15)7-9(2)14-12/h5-8H,3-4H2,1-2H3,(H,14,15). The van der Waals surface area contributed by atoms with E-state index in [1.54, 1.807) is 6.07 Å². The van der Waals surface area contributed by atoms with Gasteiger partial charge in [0.05, 0.1) is 0 Å². The van der Waals surface area contributed by atoms with Crippen molar-refractivity contribution in [3.05, 3.63) is 45.7 Å². The third-order valence-electron chi connectivity index (χ3n) is 2.57. The Labute approximate surface area is 89.0 Å². The van der Waals surface area contributed by atoms with Crippen LogP contribution < -0.4 is 5.43 Å². The molecule has 1 N–H and O–H groups in total. The summed E-state index contributed by atoms with van der Waals surface area (Å²) >= 11 is 0. The molecule has 1 aromatic heterocycles. The van der Waals surface area contributed by atoms with Crippen molar-refractivity contribution in [1.29, 1.82) is 0 Å². The fraction of sp³-hybridized carbons (Fsp3) is 0.308. The monoisotopic (exact) mass is 201 g/mol. The molecular weight excluding hydrogens is 186 g/mol. The molecule has 78 valence electrons. The molecule has 0 saturated heterocycles. The number of H-pyrrole nitrogens is 1. The van der Waals surface area contributed by atoms with E-state index in [0.29, 0.717) is 0 Å². The van der Waals surface area contributed by atoms with Gasteiger partial charge in [-0.1, -0.05) is 19.4 Å². The Morgan fingerprint density at radius 3 is 2.80 bits per heavy atom. The summed E-state index contributed by atoms with van der Waals surface area (Å²) in [5.74, 6) is 0. The number of rotatable bonds is 2. The van der Waals surface area contributed by atoms with Gasteiger partial charge in [-0.2, -0.15) is 0 Å². The van der Waals surface area contributed by atoms with Crippen LogP contribution in [-0.2, 0) is 6.42 Å². The highest BCUT2D eigenvalue weighted by Crippen LogP contribution is 2.12. The second kappa shape index (κ2) is 3.89. The maximum Gasteiger partial charge on any atom is 0.189 e. The third kappa shape index (κ3) is 1.94. The molecule has 2 nitrogen and oxygen atoms in total. The second-order valence-electron chi connectivity index (χ2n) is 3.95. The average molecular weight is 201 g/mol. The molecule has 0 bridgehead atoms. The fourth-order valence-corrected chi connectivity index (χ4v) is 1.87. The van der Waals surface area contributed by atoms with Crippen LogP contribution in [0.1, 0.15) is 24.6 Å². The van der Waals surface area contributed by atoms with Gasteiger partial charge in [0, 0.05) is 22.7 Å². The largest absolute Gasteiger partial charge is 0.358 e. The number of hydrogen-bond acceptors (Lipinski definition) is 1. The zero-order valence-electron chi connectivity index (χ0n) is 9.13. The summed E-state index contributed by atoms with van der Waals surface area (Å²) in [5.41, 5.74) is 3.19. The summed E-state index contributed by atoms with van der Waals surface area (Å²) in [7, 11) is 0. The van der Waals surface area contributed by atoms with Crippen LogP contribution >= 0.6 is 0 Å². The summed E-state index contributed by atoms with van der Waals surface area (Å²) in [6.07, 6.45) is 2.14. The Morgan fingerprint density at radius 2 is 2.07 bits per heavy atom. The van der Waals surface area contributed by atoms with Crippen LogP contribution in [-0.4, -0.2) is 4.98 Å². The minimum Gasteiger partial charge on any atom is -0.358 e. The number of pyridine rings is 1. The molecule has 2 heteroatoms. The Kier molecular flexibility index (Phi) is 2.58. The molecule has 0 aliphatic heterocycles. The smallest absolute Gasteiger partial charge is 0.189 e. The zero-order chi connectivity index (χ0) is 10.8. The second-order valence-corrected chi connectivity index (χ2v) is 3.95. The number of aromatic amines is 1. The molecule has 0 amide bonds. The predicted octanol–water partition coefficient (Wildman–Crippen LogP) is 2.79. The number of aromatic nitrogens is 1. The highest BCUT2D eigenvalue weighted by atomic mass is 16.1. The lowest BCUT2D eigenvalue weighted by Crippen LogP contribution is -2.03. The molecule has 0 fully saturated rings. The van der Waals surface area contributed by atoms with Crippen LogP contribution in [0.3, 0.4) is 0 Å². The van der Waals surface area contributed by atoms with Crippen molar-refractivity contribution >= 4 is 10.9 Å². The van der Waals surface area contributed by atoms with Gasteiger partial charge in [0.1, 0.15) is 0 Å². The Hall–Kier alpha value is -1.57. The van der Waals surface area contributed by atoms with Crippen molar-refractivity contribution in [2.45, 2.75) is 26.7 Å². The van der Waals surface area contributed by atoms with Crippen LogP contribution in [0.5, 0.6) is 0 Å². The van der Waals surface area contributed by atoms with Crippen molar-refractivity contribution in [1.82, 2.24) is 4.98 Å². The normalized spacial score (nSPS) is 10.8. The first-order valence-electron chi connectivity index (χ1n) is 5.33. The van der Waals surface area contributed by atoms with E-state index in [9.17, 15) is 4.79 Å². The minimum absolute atomic E-state index is 0.110. The predicted molar refractivity (Wildman–Crippen MR) is 63.3 cm³/mol. The van der Waals surface area contributed by atoms with Crippen LogP contribution in [0, 0.1) is 6.92 Å². The lowest BCUT2D eigenvalue weighted by molar-refractivity contribution is 0.923. The Bertz CT molecular complexity index is 540. The molecule has 0 spiro atoms. The van der Waals surface area contributed by atoms with Crippen molar-refractivity contribution in [2.75, 3.05) is 0 Å². The fourth-order valence-electron chi connectivity index (χ4n) is 1.87. The molecular formula is C13H15NO. The molecule has 1 heterocycles. The number of fused-ring (bicyclic) bond motifs is 1. The SMILES string of the molecule is CCCc1ccc2[nH]c(C)cc(=O)c2c1. The van der Waals surface area contributed by atoms with E-state index in [1.807, 2.05) is 19.1 Å². The van der Waals surface area contributed by atoms with Gasteiger partial charge < -0.3 is 4.98 Å². The number of aryl methyl sites for hydroxylation is 2. The van der Waals surface area contributed by atoms with E-state index in [4.69, 9.17) is 0 Å². The van der Waals surface area contributed by atoms with Crippen molar-refractivity contribution in [3.8, 4) is 0 Å². The number of hydrogen-bond donors (Lipinski definition) is 1. The van der Waals surface area contributed by atoms with E-state index in [-0.39, 0.29) is 5.43 Å². The van der Waals surface area contributed by atoms with Gasteiger partial charge in [-0.05, 0) is 31.0 Å². The van der Waals surface area contributed by atoms with Gasteiger partial charge in [-0.3, -0.25) is 4.79 Å². The molecule has 0 unspecified atom stereocenters. The number of nitrogens with one attached hydrogen (secondary N) is 1. The van der Waals surface area contributed by atoms with Gasteiger partial charge in [0.2, 0.25) is 0 Å². The minimum atomic E-state index is 0.110. The molecule has 2 aromatic rings. The summed E-state index contributed by atoms with van der Waals surface area (Å²) in [6, 6.07) is 7.73. The van der Waals surface area contributed by atoms with Crippen molar-refractivity contribution < 1.29 is 0 Å². The zero-order valence-corrected chi connectivity index (χ0v) is 9.13. The van der Waals surface area contributed by atoms with Crippen LogP contribution in [0.2, 0.25) is 0 Å². The first kappa shape index (κ1) is 9.97. The molecule has 2 rings (SSSR count). The summed E-state index contributed by atoms with van der Waals surface area (Å²) < 4.78 is 0. The highest BCUT2D eigenvalue weighted by molar-refractivity contribution is 5.79. The number of benzene rings is 1. The lowest BCUT2D eigenvalue weighted by Gasteiger charge is -2.03. The topological polar surface area (TPSA) is 32.9 Å². The average Bonchev–Trinajstić information content (AvgIpc) is 2.19. The lowest BCUT2D eigenvalue weighted by atomic mass is 10.1. The third-order valence-corrected chi connectivity index (χ3v) is 2.57. The molecule has 0 radical (unpaired) electrons. The molecule has 1 aromatic carbocycles. The van der Waals surface area contributed by atoms with Crippen molar-refractivity contribution in [2.24, 2.45) is 0 Å². The van der Waals surface area contributed by atoms with E-state index < -0.39 is 0 Å². The summed E-state index contributed by atoms with van der Waals surface area (Å²) in [5, 5.41) is 0.798. The van der Waals surface area contributed by atoms with Gasteiger partial charge in [-0.15, -0.1) is 0 Å². The maximum absolute atomic E-state index is 11.7. The van der Waals surface area contributed by atoms with Crippen molar-refractivity contribution in [3.63, 3.8) is 0 Å². The van der Waals surface area contributed by atoms with E-state index in [2.05, 4.69) is 18.0 Å². The molecule has 15 heavy (non-hydrogen) atoms. The van der Waals surface area contributed by atoms with Crippen LogP contribution in [0.4, 0.5) is 0 Å². The van der Waals surface area contributed by atoms with Gasteiger partial charge in [-0.25, -0.2) is 0 Å². The highest BCUT2D eigenvalue weighted by Gasteiger charge is 2.00. The van der Waals surface area contributed by atoms with Crippen LogP contribution in [0.25, 0.3) is 10.9 Å². The van der Waals surface area contributed by atoms with Gasteiger partial charge in [0.15, 0.2) is 5.43 Å². The first-order chi connectivity index (χ1) is 7.20. The van der Waals surface area contributed by atoms with Crippen LogP contribution in [0.15, 0.2) is 29.1 Å². The quantitative estimate of drug-likeness (QED) is 0.796. The molecule has 0 atom stereocenters. The summed E-state index contributed by atoms with van der Waals surface area (Å²) in [6.45, 7) is 4.05. The summed E-state index contributed by atoms with van der Waals surface area (Å²) in [4.78, 5) is 14.9. The Morgan fingerprint density at radius 1 is 1.27 bits per heavy atom. The van der Waals surface area contributed by atoms with E-state index in [1.165, 1.54) is 5.56 Å². The molecule has 0 aliphatic carbocycles. The first-order valence-corrected chi connectivity index (χ1v) is 5.33. The maximum atomic E-state index is 11.7. The van der Waals surface area contributed by atoms with E-state index >= 15 is 0 Å². The van der Waals surface area contributed by atoms with Gasteiger partial charge >= 0.3 is 0 Å². The van der Waals surface area contributed by atoms with E-state index in [0.717, 1.165) is 29.4 Å². The molecule has 0 aliphatic rings.